The number of methoxy groups -OCH3 is 1. The highest BCUT2D eigenvalue weighted by Crippen LogP contribution is 2.31. The molecule has 2 rings (SSSR count). The molecule has 0 saturated heterocycles. The maximum atomic E-state index is 12.7. The number of nitrogens with two attached hydrogens (primary N) is 1. The molecule has 2 aromatic rings. The van der Waals surface area contributed by atoms with E-state index in [2.05, 4.69) is 20.0 Å². The number of anilines is 1. The Morgan fingerprint density at radius 2 is 2.09 bits per heavy atom. The maximum absolute atomic E-state index is 12.7. The van der Waals surface area contributed by atoms with Crippen LogP contribution in [0.2, 0.25) is 10.0 Å². The number of nitrogens with one attached hydrogen (secondary N) is 2. The van der Waals surface area contributed by atoms with E-state index in [1.165, 1.54) is 43.3 Å². The lowest BCUT2D eigenvalue weighted by molar-refractivity contribution is -0.144. The van der Waals surface area contributed by atoms with Gasteiger partial charge < -0.3 is 20.5 Å². The number of hydrogen-bond acceptors (Lipinski definition) is 10. The average molecular weight is 524 g/mol. The van der Waals surface area contributed by atoms with Crippen molar-refractivity contribution in [2.45, 2.75) is 22.9 Å². The van der Waals surface area contributed by atoms with Gasteiger partial charge in [0.25, 0.3) is 15.9 Å². The van der Waals surface area contributed by atoms with Gasteiger partial charge in [0.15, 0.2) is 0 Å². The zero-order valence-electron chi connectivity index (χ0n) is 17.3. The van der Waals surface area contributed by atoms with E-state index in [9.17, 15) is 13.2 Å². The topological polar surface area (TPSA) is 146 Å². The molecule has 0 aliphatic rings. The molecule has 32 heavy (non-hydrogen) atoms. The Kier molecular flexibility index (Phi) is 10.3. The molecule has 0 fully saturated rings. The third kappa shape index (κ3) is 7.09. The monoisotopic (exact) mass is 523 g/mol. The molecule has 1 atom stereocenters. The van der Waals surface area contributed by atoms with Crippen LogP contribution < -0.4 is 20.5 Å². The molecule has 0 bridgehead atoms. The van der Waals surface area contributed by atoms with E-state index >= 15 is 0 Å². The van der Waals surface area contributed by atoms with Crippen molar-refractivity contribution >= 4 is 56.8 Å². The van der Waals surface area contributed by atoms with Gasteiger partial charge in [-0.3, -0.25) is 9.52 Å². The van der Waals surface area contributed by atoms with E-state index in [0.717, 1.165) is 0 Å². The largest absolute Gasteiger partial charge is 0.478 e. The number of aromatic nitrogens is 2. The van der Waals surface area contributed by atoms with Gasteiger partial charge in [-0.25, -0.2) is 18.4 Å². The second kappa shape index (κ2) is 12.4. The van der Waals surface area contributed by atoms with Gasteiger partial charge in [0.05, 0.1) is 30.0 Å². The summed E-state index contributed by atoms with van der Waals surface area (Å²) in [5, 5.41) is 3.40. The molecule has 1 aromatic carbocycles. The van der Waals surface area contributed by atoms with Crippen molar-refractivity contribution in [3.63, 3.8) is 0 Å². The highest BCUT2D eigenvalue weighted by molar-refractivity contribution is 7.99. The van der Waals surface area contributed by atoms with Crippen molar-refractivity contribution in [2.75, 3.05) is 37.3 Å². The Morgan fingerprint density at radius 1 is 1.34 bits per heavy atom. The number of hydrogen-bond donors (Lipinski definition) is 3. The number of rotatable bonds is 12. The number of nitrogens with zero attached hydrogens (tertiary/aromatic N) is 2. The first-order chi connectivity index (χ1) is 15.2. The van der Waals surface area contributed by atoms with Crippen LogP contribution in [0.4, 0.5) is 5.82 Å². The van der Waals surface area contributed by atoms with E-state index in [0.29, 0.717) is 23.9 Å². The van der Waals surface area contributed by atoms with E-state index in [1.807, 2.05) is 0 Å². The minimum Gasteiger partial charge on any atom is -0.478 e. The van der Waals surface area contributed by atoms with E-state index in [1.54, 1.807) is 6.92 Å². The first kappa shape index (κ1) is 26.4. The minimum atomic E-state index is -4.10. The number of thioether (sulfide) groups is 1. The van der Waals surface area contributed by atoms with Crippen LogP contribution in [0, 0.1) is 0 Å². The number of halogens is 2. The fourth-order valence-electron chi connectivity index (χ4n) is 2.39. The molecule has 1 heterocycles. The standard InChI is InChI=1S/C18H23Cl2N5O5S2/c1-3-30-18(26)12(22-8-7-21)10-31-14-9-23-16(17(24-14)29-2)25-32(27,28)13-6-4-5-11(19)15(13)20/h4-6,9,12,22H,3,7-8,10,21H2,1-2H3,(H,23,25)/t12-/m0/s1. The Hall–Kier alpha value is -1.83. The highest BCUT2D eigenvalue weighted by atomic mass is 35.5. The number of carbonyl (C=O) groups excluding carboxylic acids is 1. The van der Waals surface area contributed by atoms with Gasteiger partial charge in [0.2, 0.25) is 5.82 Å². The number of benzene rings is 1. The quantitative estimate of drug-likeness (QED) is 0.279. The molecule has 0 aliphatic carbocycles. The van der Waals surface area contributed by atoms with Crippen LogP contribution in [0.1, 0.15) is 6.92 Å². The van der Waals surface area contributed by atoms with Crippen molar-refractivity contribution in [2.24, 2.45) is 5.73 Å². The predicted octanol–water partition coefficient (Wildman–Crippen LogP) is 2.16. The summed E-state index contributed by atoms with van der Waals surface area (Å²) in [6.45, 7) is 2.77. The number of carbonyl (C=O) groups is 1. The fourth-order valence-corrected chi connectivity index (χ4v) is 5.03. The number of ether oxygens (including phenoxy) is 2. The van der Waals surface area contributed by atoms with Crippen molar-refractivity contribution in [3.8, 4) is 5.88 Å². The van der Waals surface area contributed by atoms with Crippen molar-refractivity contribution < 1.29 is 22.7 Å². The molecule has 0 saturated carbocycles. The molecule has 176 valence electrons. The Balaban J connectivity index is 2.18. The van der Waals surface area contributed by atoms with Crippen LogP contribution in [0.25, 0.3) is 0 Å². The smallest absolute Gasteiger partial charge is 0.323 e. The molecular formula is C18H23Cl2N5O5S2. The van der Waals surface area contributed by atoms with Gasteiger partial charge in [-0.15, -0.1) is 11.8 Å². The van der Waals surface area contributed by atoms with Crippen molar-refractivity contribution in [3.05, 3.63) is 34.4 Å². The zero-order chi connectivity index (χ0) is 23.7. The molecule has 0 spiro atoms. The summed E-state index contributed by atoms with van der Waals surface area (Å²) in [6, 6.07) is 3.65. The molecule has 0 unspecified atom stereocenters. The van der Waals surface area contributed by atoms with E-state index in [4.69, 9.17) is 38.4 Å². The van der Waals surface area contributed by atoms with Crippen LogP contribution in [0.5, 0.6) is 5.88 Å². The molecule has 0 radical (unpaired) electrons. The van der Waals surface area contributed by atoms with Gasteiger partial charge >= 0.3 is 5.97 Å². The summed E-state index contributed by atoms with van der Waals surface area (Å²) < 4.78 is 38.0. The minimum absolute atomic E-state index is 0.0562. The summed E-state index contributed by atoms with van der Waals surface area (Å²) >= 11 is 13.2. The summed E-state index contributed by atoms with van der Waals surface area (Å²) in [5.41, 5.74) is 5.49. The fraction of sp³-hybridized carbons (Fsp3) is 0.389. The van der Waals surface area contributed by atoms with Gasteiger partial charge in [-0.2, -0.15) is 0 Å². The van der Waals surface area contributed by atoms with Crippen LogP contribution in [0.15, 0.2) is 34.3 Å². The normalized spacial score (nSPS) is 12.3. The SMILES string of the molecule is CCOC(=O)[C@H](CSc1cnc(NS(=O)(=O)c2cccc(Cl)c2Cl)c(OC)n1)NCCN. The van der Waals surface area contributed by atoms with E-state index < -0.39 is 22.0 Å². The summed E-state index contributed by atoms with van der Waals surface area (Å²) in [5.74, 6) is -0.300. The van der Waals surface area contributed by atoms with Crippen LogP contribution in [-0.2, 0) is 19.6 Å². The van der Waals surface area contributed by atoms with Crippen LogP contribution >= 0.6 is 35.0 Å². The van der Waals surface area contributed by atoms with Gasteiger partial charge in [-0.1, -0.05) is 29.3 Å². The van der Waals surface area contributed by atoms with Crippen molar-refractivity contribution in [1.82, 2.24) is 15.3 Å². The number of esters is 1. The van der Waals surface area contributed by atoms with Crippen LogP contribution in [-0.4, -0.2) is 63.0 Å². The Morgan fingerprint density at radius 3 is 2.75 bits per heavy atom. The Labute approximate surface area is 200 Å². The molecule has 4 N–H and O–H groups in total. The van der Waals surface area contributed by atoms with Crippen molar-refractivity contribution in [1.29, 1.82) is 0 Å². The van der Waals surface area contributed by atoms with E-state index in [-0.39, 0.29) is 33.2 Å². The second-order valence-corrected chi connectivity index (χ2v) is 9.56. The summed E-state index contributed by atoms with van der Waals surface area (Å²) in [6.07, 6.45) is 1.36. The third-order valence-electron chi connectivity index (χ3n) is 3.85. The number of sulfonamides is 1. The molecule has 0 aliphatic heterocycles. The molecule has 1 aromatic heterocycles. The maximum Gasteiger partial charge on any atom is 0.323 e. The van der Waals surface area contributed by atoms with Gasteiger partial charge in [-0.05, 0) is 19.1 Å². The lowest BCUT2D eigenvalue weighted by Crippen LogP contribution is -2.42. The second-order valence-electron chi connectivity index (χ2n) is 6.08. The van der Waals surface area contributed by atoms with Gasteiger partial charge in [0.1, 0.15) is 16.0 Å². The molecular weight excluding hydrogens is 501 g/mol. The highest BCUT2D eigenvalue weighted by Gasteiger charge is 2.24. The summed E-state index contributed by atoms with van der Waals surface area (Å²) in [4.78, 5) is 20.2. The first-order valence-electron chi connectivity index (χ1n) is 9.34. The zero-order valence-corrected chi connectivity index (χ0v) is 20.4. The predicted molar refractivity (Wildman–Crippen MR) is 124 cm³/mol. The molecule has 10 nitrogen and oxygen atoms in total. The van der Waals surface area contributed by atoms with Crippen LogP contribution in [0.3, 0.4) is 0 Å². The van der Waals surface area contributed by atoms with Gasteiger partial charge in [0, 0.05) is 18.8 Å². The first-order valence-corrected chi connectivity index (χ1v) is 12.6. The lowest BCUT2D eigenvalue weighted by Gasteiger charge is -2.16. The average Bonchev–Trinajstić information content (AvgIpc) is 2.76. The molecule has 14 heteroatoms. The summed E-state index contributed by atoms with van der Waals surface area (Å²) in [7, 11) is -2.78. The third-order valence-corrected chi connectivity index (χ3v) is 7.16. The Bertz CT molecular complexity index is 1040. The molecule has 0 amide bonds. The lowest BCUT2D eigenvalue weighted by atomic mass is 10.3.